The van der Waals surface area contributed by atoms with Crippen LogP contribution in [0, 0.1) is 6.92 Å². The van der Waals surface area contributed by atoms with Crippen molar-refractivity contribution in [2.24, 2.45) is 0 Å². The lowest BCUT2D eigenvalue weighted by Gasteiger charge is -2.36. The van der Waals surface area contributed by atoms with Crippen molar-refractivity contribution in [1.82, 2.24) is 4.90 Å². The first kappa shape index (κ1) is 20.1. The molecule has 1 N–H and O–H groups in total. The molecule has 0 unspecified atom stereocenters. The van der Waals surface area contributed by atoms with Gasteiger partial charge in [-0.05, 0) is 48.2 Å². The molecule has 150 valence electrons. The standard InChI is InChI=1S/C23H32N4O/c1-17(2)21-8-6-7-18(3)22(21)24-23(28)27-15-13-26(14-16-27)20-11-9-19(10-12-20)25(4)5/h6-12,17H,13-16H2,1-5H3,(H,24,28). The number of amides is 2. The van der Waals surface area contributed by atoms with Crippen LogP contribution < -0.4 is 15.1 Å². The molecule has 0 atom stereocenters. The highest BCUT2D eigenvalue weighted by Gasteiger charge is 2.22. The highest BCUT2D eigenvalue weighted by molar-refractivity contribution is 5.91. The average molecular weight is 381 g/mol. The Morgan fingerprint density at radius 1 is 1.00 bits per heavy atom. The molecule has 5 nitrogen and oxygen atoms in total. The van der Waals surface area contributed by atoms with Gasteiger partial charge in [-0.15, -0.1) is 0 Å². The van der Waals surface area contributed by atoms with E-state index in [1.165, 1.54) is 16.9 Å². The van der Waals surface area contributed by atoms with Crippen LogP contribution in [0.15, 0.2) is 42.5 Å². The molecular formula is C23H32N4O. The van der Waals surface area contributed by atoms with Crippen molar-refractivity contribution in [2.45, 2.75) is 26.7 Å². The van der Waals surface area contributed by atoms with Crippen molar-refractivity contribution in [3.05, 3.63) is 53.6 Å². The summed E-state index contributed by atoms with van der Waals surface area (Å²) in [4.78, 5) is 19.2. The molecule has 0 aromatic heterocycles. The smallest absolute Gasteiger partial charge is 0.321 e. The lowest BCUT2D eigenvalue weighted by Crippen LogP contribution is -2.50. The summed E-state index contributed by atoms with van der Waals surface area (Å²) < 4.78 is 0. The van der Waals surface area contributed by atoms with Crippen molar-refractivity contribution < 1.29 is 4.79 Å². The van der Waals surface area contributed by atoms with Crippen molar-refractivity contribution in [3.8, 4) is 0 Å². The van der Waals surface area contributed by atoms with Crippen LogP contribution in [0.2, 0.25) is 0 Å². The molecule has 1 saturated heterocycles. The van der Waals surface area contributed by atoms with Crippen LogP contribution in [-0.2, 0) is 0 Å². The summed E-state index contributed by atoms with van der Waals surface area (Å²) in [5.41, 5.74) is 5.67. The molecule has 28 heavy (non-hydrogen) atoms. The largest absolute Gasteiger partial charge is 0.378 e. The molecule has 1 fully saturated rings. The first-order valence-corrected chi connectivity index (χ1v) is 10.0. The third-order valence-electron chi connectivity index (χ3n) is 5.46. The highest BCUT2D eigenvalue weighted by Crippen LogP contribution is 2.28. The van der Waals surface area contributed by atoms with Crippen LogP contribution in [0.5, 0.6) is 0 Å². The number of anilines is 3. The third-order valence-corrected chi connectivity index (χ3v) is 5.46. The van der Waals surface area contributed by atoms with Crippen molar-refractivity contribution >= 4 is 23.1 Å². The van der Waals surface area contributed by atoms with Gasteiger partial charge in [-0.25, -0.2) is 4.79 Å². The molecule has 0 spiro atoms. The lowest BCUT2D eigenvalue weighted by molar-refractivity contribution is 0.208. The van der Waals surface area contributed by atoms with Gasteiger partial charge in [0.1, 0.15) is 0 Å². The number of rotatable bonds is 4. The zero-order valence-corrected chi connectivity index (χ0v) is 17.7. The van der Waals surface area contributed by atoms with Gasteiger partial charge in [0.05, 0.1) is 0 Å². The van der Waals surface area contributed by atoms with Crippen molar-refractivity contribution in [2.75, 3.05) is 55.4 Å². The van der Waals surface area contributed by atoms with Crippen molar-refractivity contribution in [3.63, 3.8) is 0 Å². The van der Waals surface area contributed by atoms with Crippen molar-refractivity contribution in [1.29, 1.82) is 0 Å². The van der Waals surface area contributed by atoms with E-state index in [4.69, 9.17) is 0 Å². The van der Waals surface area contributed by atoms with Gasteiger partial charge in [0.15, 0.2) is 0 Å². The van der Waals surface area contributed by atoms with Gasteiger partial charge in [-0.2, -0.15) is 0 Å². The molecular weight excluding hydrogens is 348 g/mol. The zero-order chi connectivity index (χ0) is 20.3. The molecule has 2 amide bonds. The van der Waals surface area contributed by atoms with E-state index in [9.17, 15) is 4.79 Å². The van der Waals surface area contributed by atoms with E-state index < -0.39 is 0 Å². The predicted octanol–water partition coefficient (Wildman–Crippen LogP) is 4.54. The second kappa shape index (κ2) is 8.55. The maximum Gasteiger partial charge on any atom is 0.321 e. The molecule has 1 heterocycles. The minimum atomic E-state index is -0.00111. The molecule has 0 saturated carbocycles. The minimum Gasteiger partial charge on any atom is -0.378 e. The number of aryl methyl sites for hydroxylation is 1. The van der Waals surface area contributed by atoms with Crippen LogP contribution in [0.3, 0.4) is 0 Å². The predicted molar refractivity (Wildman–Crippen MR) is 119 cm³/mol. The topological polar surface area (TPSA) is 38.8 Å². The second-order valence-electron chi connectivity index (χ2n) is 8.01. The van der Waals surface area contributed by atoms with Crippen LogP contribution in [0.25, 0.3) is 0 Å². The quantitative estimate of drug-likeness (QED) is 0.846. The van der Waals surface area contributed by atoms with Gasteiger partial charge in [0.25, 0.3) is 0 Å². The van der Waals surface area contributed by atoms with Crippen LogP contribution in [0.4, 0.5) is 21.9 Å². The van der Waals surface area contributed by atoms with Crippen LogP contribution in [0.1, 0.15) is 30.9 Å². The first-order valence-electron chi connectivity index (χ1n) is 10.0. The normalized spacial score (nSPS) is 14.4. The fourth-order valence-electron chi connectivity index (χ4n) is 3.66. The number of carbonyl (C=O) groups excluding carboxylic acids is 1. The third kappa shape index (κ3) is 4.41. The van der Waals surface area contributed by atoms with E-state index in [2.05, 4.69) is 78.4 Å². The number of urea groups is 1. The summed E-state index contributed by atoms with van der Waals surface area (Å²) in [7, 11) is 4.09. The molecule has 2 aromatic rings. The summed E-state index contributed by atoms with van der Waals surface area (Å²) in [6.45, 7) is 9.51. The fourth-order valence-corrected chi connectivity index (χ4v) is 3.66. The zero-order valence-electron chi connectivity index (χ0n) is 17.7. The average Bonchev–Trinajstić information content (AvgIpc) is 2.69. The van der Waals surface area contributed by atoms with E-state index in [0.717, 1.165) is 37.4 Å². The number of piperazine rings is 1. The Balaban J connectivity index is 1.61. The van der Waals surface area contributed by atoms with Crippen LogP contribution in [-0.4, -0.2) is 51.2 Å². The number of nitrogens with one attached hydrogen (secondary N) is 1. The monoisotopic (exact) mass is 380 g/mol. The van der Waals surface area contributed by atoms with E-state index in [0.29, 0.717) is 5.92 Å². The number of nitrogens with zero attached hydrogens (tertiary/aromatic N) is 3. The minimum absolute atomic E-state index is 0.00111. The summed E-state index contributed by atoms with van der Waals surface area (Å²) in [6.07, 6.45) is 0. The fraction of sp³-hybridized carbons (Fsp3) is 0.435. The Kier molecular flexibility index (Phi) is 6.12. The summed E-state index contributed by atoms with van der Waals surface area (Å²) >= 11 is 0. The van der Waals surface area contributed by atoms with Gasteiger partial charge in [-0.3, -0.25) is 0 Å². The molecule has 2 aromatic carbocycles. The Hall–Kier alpha value is -2.69. The molecule has 0 aliphatic carbocycles. The SMILES string of the molecule is Cc1cccc(C(C)C)c1NC(=O)N1CCN(c2ccc(N(C)C)cc2)CC1. The molecule has 3 rings (SSSR count). The number of para-hydroxylation sites is 1. The Bertz CT molecular complexity index is 806. The molecule has 0 bridgehead atoms. The molecule has 5 heteroatoms. The Labute approximate surface area is 168 Å². The van der Waals surface area contributed by atoms with E-state index >= 15 is 0 Å². The molecule has 0 radical (unpaired) electrons. The molecule has 1 aliphatic rings. The van der Waals surface area contributed by atoms with Gasteiger partial charge in [0.2, 0.25) is 0 Å². The highest BCUT2D eigenvalue weighted by atomic mass is 16.2. The van der Waals surface area contributed by atoms with Gasteiger partial charge < -0.3 is 20.0 Å². The summed E-state index contributed by atoms with van der Waals surface area (Å²) in [5, 5.41) is 3.17. The van der Waals surface area contributed by atoms with Gasteiger partial charge in [-0.1, -0.05) is 32.0 Å². The number of hydrogen-bond acceptors (Lipinski definition) is 3. The van der Waals surface area contributed by atoms with Gasteiger partial charge in [0, 0.05) is 57.3 Å². The number of carbonyl (C=O) groups is 1. The van der Waals surface area contributed by atoms with E-state index in [1.807, 2.05) is 19.0 Å². The number of hydrogen-bond donors (Lipinski definition) is 1. The first-order chi connectivity index (χ1) is 13.4. The van der Waals surface area contributed by atoms with E-state index in [-0.39, 0.29) is 6.03 Å². The maximum atomic E-state index is 12.8. The summed E-state index contributed by atoms with van der Waals surface area (Å²) in [6, 6.07) is 14.8. The molecule has 1 aliphatic heterocycles. The second-order valence-corrected chi connectivity index (χ2v) is 8.01. The van der Waals surface area contributed by atoms with Crippen LogP contribution >= 0.6 is 0 Å². The maximum absolute atomic E-state index is 12.8. The Morgan fingerprint density at radius 3 is 2.21 bits per heavy atom. The summed E-state index contributed by atoms with van der Waals surface area (Å²) in [5.74, 6) is 0.372. The lowest BCUT2D eigenvalue weighted by atomic mass is 9.98. The van der Waals surface area contributed by atoms with E-state index in [1.54, 1.807) is 0 Å². The van der Waals surface area contributed by atoms with Gasteiger partial charge >= 0.3 is 6.03 Å². The number of benzene rings is 2. The Morgan fingerprint density at radius 2 is 1.64 bits per heavy atom.